The van der Waals surface area contributed by atoms with Gasteiger partial charge in [0.1, 0.15) is 12.2 Å². The molecule has 0 bridgehead atoms. The van der Waals surface area contributed by atoms with Crippen molar-refractivity contribution < 1.29 is 27.4 Å². The lowest BCUT2D eigenvalue weighted by atomic mass is 10.1. The minimum Gasteiger partial charge on any atom is -0.472 e. The number of hydrogen-bond donors (Lipinski definition) is 0. The van der Waals surface area contributed by atoms with Crippen molar-refractivity contribution in [2.24, 2.45) is 5.92 Å². The normalized spacial score (nSPS) is 11.3. The van der Waals surface area contributed by atoms with Crippen LogP contribution in [0.25, 0.3) is 5.57 Å². The Bertz CT molecular complexity index is 802. The molecule has 7 heteroatoms. The van der Waals surface area contributed by atoms with E-state index in [1.54, 1.807) is 30.3 Å². The van der Waals surface area contributed by atoms with Crippen molar-refractivity contribution in [1.29, 1.82) is 0 Å². The van der Waals surface area contributed by atoms with E-state index >= 15 is 0 Å². The zero-order chi connectivity index (χ0) is 20.0. The van der Waals surface area contributed by atoms with Crippen LogP contribution in [0.15, 0.2) is 49.2 Å². The molecule has 0 unspecified atom stereocenters. The zero-order valence-electron chi connectivity index (χ0n) is 15.0. The summed E-state index contributed by atoms with van der Waals surface area (Å²) in [5.74, 6) is -1.24. The highest BCUT2D eigenvalue weighted by Crippen LogP contribution is 2.36. The van der Waals surface area contributed by atoms with Crippen LogP contribution in [0.2, 0.25) is 0 Å². The van der Waals surface area contributed by atoms with Crippen molar-refractivity contribution in [3.8, 4) is 5.88 Å². The van der Waals surface area contributed by atoms with Gasteiger partial charge >= 0.3 is 12.1 Å². The van der Waals surface area contributed by atoms with Crippen LogP contribution in [0.3, 0.4) is 0 Å². The van der Waals surface area contributed by atoms with Gasteiger partial charge in [-0.2, -0.15) is 13.2 Å². The molecule has 4 nitrogen and oxygen atoms in total. The molecule has 1 aromatic carbocycles. The SMILES string of the molecule is C=C(C(=O)OCC(C)C)c1cnc(OCc2ccccc2)c(C(F)(F)F)c1. The minimum absolute atomic E-state index is 0.0619. The summed E-state index contributed by atoms with van der Waals surface area (Å²) in [5.41, 5.74) is -0.627. The van der Waals surface area contributed by atoms with Gasteiger partial charge < -0.3 is 9.47 Å². The largest absolute Gasteiger partial charge is 0.472 e. The monoisotopic (exact) mass is 379 g/mol. The van der Waals surface area contributed by atoms with E-state index in [0.717, 1.165) is 12.3 Å². The highest BCUT2D eigenvalue weighted by molar-refractivity contribution is 6.15. The van der Waals surface area contributed by atoms with Gasteiger partial charge in [-0.3, -0.25) is 0 Å². The van der Waals surface area contributed by atoms with Gasteiger partial charge in [0, 0.05) is 11.8 Å². The number of alkyl halides is 3. The number of hydrogen-bond acceptors (Lipinski definition) is 4. The Balaban J connectivity index is 2.22. The maximum atomic E-state index is 13.4. The number of carbonyl (C=O) groups excluding carboxylic acids is 1. The van der Waals surface area contributed by atoms with Crippen LogP contribution in [0, 0.1) is 5.92 Å². The summed E-state index contributed by atoms with van der Waals surface area (Å²) < 4.78 is 50.5. The van der Waals surface area contributed by atoms with Crippen LogP contribution in [0.1, 0.15) is 30.5 Å². The molecule has 0 radical (unpaired) electrons. The zero-order valence-corrected chi connectivity index (χ0v) is 15.0. The van der Waals surface area contributed by atoms with Gasteiger partial charge in [-0.25, -0.2) is 9.78 Å². The van der Waals surface area contributed by atoms with Gasteiger partial charge in [0.2, 0.25) is 5.88 Å². The van der Waals surface area contributed by atoms with Crippen LogP contribution < -0.4 is 4.74 Å². The summed E-state index contributed by atoms with van der Waals surface area (Å²) in [7, 11) is 0. The lowest BCUT2D eigenvalue weighted by Gasteiger charge is -2.15. The molecule has 0 aliphatic heterocycles. The molecule has 0 aliphatic rings. The van der Waals surface area contributed by atoms with Crippen molar-refractivity contribution in [1.82, 2.24) is 4.98 Å². The van der Waals surface area contributed by atoms with E-state index in [0.29, 0.717) is 5.56 Å². The van der Waals surface area contributed by atoms with Crippen LogP contribution in [-0.2, 0) is 22.3 Å². The average molecular weight is 379 g/mol. The molecule has 1 heterocycles. The molecule has 144 valence electrons. The highest BCUT2D eigenvalue weighted by atomic mass is 19.4. The maximum Gasteiger partial charge on any atom is 0.421 e. The number of carbonyl (C=O) groups is 1. The Hall–Kier alpha value is -2.83. The van der Waals surface area contributed by atoms with Crippen LogP contribution in [0.4, 0.5) is 13.2 Å². The second-order valence-corrected chi connectivity index (χ2v) is 6.32. The van der Waals surface area contributed by atoms with E-state index in [1.807, 2.05) is 13.8 Å². The number of pyridine rings is 1. The first kappa shape index (κ1) is 20.5. The lowest BCUT2D eigenvalue weighted by molar-refractivity contribution is -0.140. The van der Waals surface area contributed by atoms with Crippen LogP contribution >= 0.6 is 0 Å². The number of benzene rings is 1. The molecule has 0 amide bonds. The Labute approximate surface area is 155 Å². The third-order valence-corrected chi connectivity index (χ3v) is 3.52. The fourth-order valence-corrected chi connectivity index (χ4v) is 2.11. The third-order valence-electron chi connectivity index (χ3n) is 3.52. The Kier molecular flexibility index (Phi) is 6.60. The Morgan fingerprint density at radius 2 is 1.89 bits per heavy atom. The third kappa shape index (κ3) is 5.84. The van der Waals surface area contributed by atoms with Gasteiger partial charge in [-0.05, 0) is 17.5 Å². The highest BCUT2D eigenvalue weighted by Gasteiger charge is 2.36. The predicted molar refractivity (Wildman–Crippen MR) is 94.8 cm³/mol. The van der Waals surface area contributed by atoms with Gasteiger partial charge in [-0.1, -0.05) is 50.8 Å². The van der Waals surface area contributed by atoms with Crippen molar-refractivity contribution in [2.75, 3.05) is 6.61 Å². The molecule has 0 fully saturated rings. The molecule has 0 saturated carbocycles. The lowest BCUT2D eigenvalue weighted by Crippen LogP contribution is -2.14. The Morgan fingerprint density at radius 3 is 2.48 bits per heavy atom. The second-order valence-electron chi connectivity index (χ2n) is 6.32. The standard InChI is InChI=1S/C20H20F3NO3/c1-13(2)11-27-19(25)14(3)16-9-17(20(21,22)23)18(24-10-16)26-12-15-7-5-4-6-8-15/h4-10,13H,3,11-12H2,1-2H3. The van der Waals surface area contributed by atoms with Crippen molar-refractivity contribution in [3.63, 3.8) is 0 Å². The number of aromatic nitrogens is 1. The average Bonchev–Trinajstić information content (AvgIpc) is 2.63. The predicted octanol–water partition coefficient (Wildman–Crippen LogP) is 4.89. The molecule has 1 aromatic heterocycles. The number of nitrogens with zero attached hydrogens (tertiary/aromatic N) is 1. The van der Waals surface area contributed by atoms with Crippen LogP contribution in [0.5, 0.6) is 5.88 Å². The summed E-state index contributed by atoms with van der Waals surface area (Å²) in [6.45, 7) is 7.30. The number of rotatable bonds is 7. The van der Waals surface area contributed by atoms with Crippen molar-refractivity contribution >= 4 is 11.5 Å². The van der Waals surface area contributed by atoms with E-state index in [-0.39, 0.29) is 30.3 Å². The van der Waals surface area contributed by atoms with E-state index < -0.39 is 23.6 Å². The van der Waals surface area contributed by atoms with Gasteiger partial charge in [0.15, 0.2) is 0 Å². The minimum atomic E-state index is -4.70. The molecule has 2 rings (SSSR count). The van der Waals surface area contributed by atoms with Gasteiger partial charge in [0.25, 0.3) is 0 Å². The quantitative estimate of drug-likeness (QED) is 0.508. The smallest absolute Gasteiger partial charge is 0.421 e. The summed E-state index contributed by atoms with van der Waals surface area (Å²) in [4.78, 5) is 15.7. The number of halogens is 3. The molecule has 0 spiro atoms. The summed E-state index contributed by atoms with van der Waals surface area (Å²) in [6.07, 6.45) is -3.58. The fourth-order valence-electron chi connectivity index (χ4n) is 2.11. The number of ether oxygens (including phenoxy) is 2. The topological polar surface area (TPSA) is 48.4 Å². The first-order valence-electron chi connectivity index (χ1n) is 8.29. The molecule has 0 saturated heterocycles. The molecule has 0 aliphatic carbocycles. The summed E-state index contributed by atoms with van der Waals surface area (Å²) in [6, 6.07) is 9.57. The van der Waals surface area contributed by atoms with E-state index in [2.05, 4.69) is 11.6 Å². The first-order valence-corrected chi connectivity index (χ1v) is 8.29. The molecular weight excluding hydrogens is 359 g/mol. The molecule has 0 atom stereocenters. The van der Waals surface area contributed by atoms with Crippen molar-refractivity contribution in [2.45, 2.75) is 26.6 Å². The van der Waals surface area contributed by atoms with Gasteiger partial charge in [-0.15, -0.1) is 0 Å². The fraction of sp³-hybridized carbons (Fsp3) is 0.300. The van der Waals surface area contributed by atoms with Crippen LogP contribution in [-0.4, -0.2) is 17.6 Å². The first-order chi connectivity index (χ1) is 12.7. The molecular formula is C20H20F3NO3. The second kappa shape index (κ2) is 8.70. The molecule has 2 aromatic rings. The summed E-state index contributed by atoms with van der Waals surface area (Å²) >= 11 is 0. The molecule has 0 N–H and O–H groups in total. The maximum absolute atomic E-state index is 13.4. The van der Waals surface area contributed by atoms with E-state index in [9.17, 15) is 18.0 Å². The van der Waals surface area contributed by atoms with Crippen molar-refractivity contribution in [3.05, 3.63) is 65.9 Å². The molecule has 27 heavy (non-hydrogen) atoms. The van der Waals surface area contributed by atoms with Gasteiger partial charge in [0.05, 0.1) is 12.2 Å². The Morgan fingerprint density at radius 1 is 1.22 bits per heavy atom. The van der Waals surface area contributed by atoms with E-state index in [1.165, 1.54) is 0 Å². The summed E-state index contributed by atoms with van der Waals surface area (Å²) in [5, 5.41) is 0. The number of esters is 1. The van der Waals surface area contributed by atoms with E-state index in [4.69, 9.17) is 9.47 Å².